The first-order valence-corrected chi connectivity index (χ1v) is 7.55. The minimum Gasteiger partial charge on any atom is -0.364 e. The van der Waals surface area contributed by atoms with Crippen LogP contribution >= 0.6 is 15.9 Å². The van der Waals surface area contributed by atoms with E-state index in [9.17, 15) is 0 Å². The minimum atomic E-state index is 0.491. The second-order valence-electron chi connectivity index (χ2n) is 5.28. The van der Waals surface area contributed by atoms with E-state index in [1.807, 2.05) is 6.20 Å². The molecule has 19 heavy (non-hydrogen) atoms. The first-order chi connectivity index (χ1) is 9.33. The highest BCUT2D eigenvalue weighted by atomic mass is 79.9. The van der Waals surface area contributed by atoms with Crippen LogP contribution in [0, 0.1) is 0 Å². The van der Waals surface area contributed by atoms with Gasteiger partial charge < -0.3 is 9.97 Å². The van der Waals surface area contributed by atoms with Gasteiger partial charge in [0, 0.05) is 38.9 Å². The maximum atomic E-state index is 3.64. The summed E-state index contributed by atoms with van der Waals surface area (Å²) >= 11 is 3.58. The highest BCUT2D eigenvalue weighted by molar-refractivity contribution is 9.10. The van der Waals surface area contributed by atoms with Crippen molar-refractivity contribution in [3.63, 3.8) is 0 Å². The van der Waals surface area contributed by atoms with E-state index in [0.717, 1.165) is 4.47 Å². The molecule has 0 fully saturated rings. The van der Waals surface area contributed by atoms with E-state index < -0.39 is 0 Å². The van der Waals surface area contributed by atoms with Crippen LogP contribution in [0.4, 0.5) is 0 Å². The summed E-state index contributed by atoms with van der Waals surface area (Å²) < 4.78 is 1.16. The third-order valence-electron chi connectivity index (χ3n) is 4.17. The second-order valence-corrected chi connectivity index (χ2v) is 6.19. The number of rotatable bonds is 1. The molecule has 1 aliphatic carbocycles. The highest BCUT2D eigenvalue weighted by Gasteiger charge is 2.25. The third kappa shape index (κ3) is 1.76. The number of nitrogens with one attached hydrogen (secondary N) is 2. The van der Waals surface area contributed by atoms with Crippen LogP contribution in [0.15, 0.2) is 41.0 Å². The van der Waals surface area contributed by atoms with Gasteiger partial charge in [-0.3, -0.25) is 0 Å². The van der Waals surface area contributed by atoms with E-state index in [2.05, 4.69) is 56.2 Å². The molecule has 2 N–H and O–H groups in total. The van der Waals surface area contributed by atoms with Gasteiger partial charge in [-0.25, -0.2) is 0 Å². The van der Waals surface area contributed by atoms with Crippen LogP contribution in [0.5, 0.6) is 0 Å². The molecule has 96 valence electrons. The second kappa shape index (κ2) is 4.27. The molecule has 2 aromatic heterocycles. The Balaban J connectivity index is 1.94. The summed E-state index contributed by atoms with van der Waals surface area (Å²) in [4.78, 5) is 7.02. The van der Waals surface area contributed by atoms with Crippen molar-refractivity contribution in [3.05, 3.63) is 58.0 Å². The Labute approximate surface area is 120 Å². The average molecular weight is 315 g/mol. The van der Waals surface area contributed by atoms with Crippen molar-refractivity contribution in [1.82, 2.24) is 9.97 Å². The fraction of sp³-hybridized carbons (Fsp3) is 0.250. The van der Waals surface area contributed by atoms with Crippen molar-refractivity contribution in [3.8, 4) is 0 Å². The largest absolute Gasteiger partial charge is 0.364 e. The first kappa shape index (κ1) is 11.4. The Morgan fingerprint density at radius 1 is 1.21 bits per heavy atom. The topological polar surface area (TPSA) is 31.6 Å². The number of aromatic amines is 2. The lowest BCUT2D eigenvalue weighted by Gasteiger charge is -2.21. The Hall–Kier alpha value is -1.48. The van der Waals surface area contributed by atoms with Gasteiger partial charge in [0.25, 0.3) is 0 Å². The van der Waals surface area contributed by atoms with Gasteiger partial charge in [-0.2, -0.15) is 0 Å². The van der Waals surface area contributed by atoms with E-state index in [0.29, 0.717) is 5.92 Å². The fourth-order valence-electron chi connectivity index (χ4n) is 3.31. The molecule has 1 unspecified atom stereocenters. The van der Waals surface area contributed by atoms with Gasteiger partial charge in [-0.1, -0.05) is 15.9 Å². The lowest BCUT2D eigenvalue weighted by atomic mass is 9.85. The molecule has 2 nitrogen and oxygen atoms in total. The van der Waals surface area contributed by atoms with Crippen LogP contribution in [-0.4, -0.2) is 9.97 Å². The number of H-pyrrole nitrogens is 2. The third-order valence-corrected chi connectivity index (χ3v) is 4.66. The quantitative estimate of drug-likeness (QED) is 0.651. The molecule has 1 aliphatic rings. The van der Waals surface area contributed by atoms with Gasteiger partial charge >= 0.3 is 0 Å². The zero-order valence-corrected chi connectivity index (χ0v) is 12.1. The maximum absolute atomic E-state index is 3.64. The molecule has 1 aromatic carbocycles. The summed E-state index contributed by atoms with van der Waals surface area (Å²) in [6, 6.07) is 10.8. The highest BCUT2D eigenvalue weighted by Crippen LogP contribution is 2.39. The normalized spacial score (nSPS) is 18.7. The van der Waals surface area contributed by atoms with E-state index in [-0.39, 0.29) is 0 Å². The summed E-state index contributed by atoms with van der Waals surface area (Å²) in [5, 5.41) is 1.38. The number of benzene rings is 1. The van der Waals surface area contributed by atoms with E-state index in [1.165, 1.54) is 47.1 Å². The van der Waals surface area contributed by atoms with E-state index in [4.69, 9.17) is 0 Å². The molecule has 0 bridgehead atoms. The van der Waals surface area contributed by atoms with Gasteiger partial charge in [0.15, 0.2) is 0 Å². The van der Waals surface area contributed by atoms with Crippen molar-refractivity contribution in [2.45, 2.75) is 25.2 Å². The smallest absolute Gasteiger partial charge is 0.0459 e. The van der Waals surface area contributed by atoms with E-state index >= 15 is 0 Å². The van der Waals surface area contributed by atoms with Crippen molar-refractivity contribution in [2.24, 2.45) is 0 Å². The van der Waals surface area contributed by atoms with Crippen LogP contribution in [0.2, 0.25) is 0 Å². The number of halogens is 1. The molecule has 2 heterocycles. The SMILES string of the molecule is Brc1ccc2[nH]c3c(c2c1)CCCC3c1ccc[nH]1. The molecule has 0 saturated carbocycles. The molecule has 0 radical (unpaired) electrons. The lowest BCUT2D eigenvalue weighted by molar-refractivity contribution is 0.599. The van der Waals surface area contributed by atoms with Crippen molar-refractivity contribution in [1.29, 1.82) is 0 Å². The van der Waals surface area contributed by atoms with Crippen LogP contribution in [0.1, 0.15) is 35.7 Å². The number of aromatic nitrogens is 2. The number of aryl methyl sites for hydroxylation is 1. The average Bonchev–Trinajstić information content (AvgIpc) is 3.05. The molecular weight excluding hydrogens is 300 g/mol. The Morgan fingerprint density at radius 3 is 3.00 bits per heavy atom. The zero-order chi connectivity index (χ0) is 12.8. The molecule has 1 atom stereocenters. The van der Waals surface area contributed by atoms with Gasteiger partial charge in [-0.15, -0.1) is 0 Å². The molecule has 0 saturated heterocycles. The van der Waals surface area contributed by atoms with Gasteiger partial charge in [0.2, 0.25) is 0 Å². The number of hydrogen-bond acceptors (Lipinski definition) is 0. The molecule has 0 amide bonds. The van der Waals surface area contributed by atoms with Gasteiger partial charge in [-0.05, 0) is 55.2 Å². The lowest BCUT2D eigenvalue weighted by Crippen LogP contribution is -2.10. The standard InChI is InChI=1S/C16H15BrN2/c17-10-6-7-15-13(9-10)11-3-1-4-12(16(11)19-15)14-5-2-8-18-14/h2,5-9,12,18-19H,1,3-4H2. The van der Waals surface area contributed by atoms with Crippen molar-refractivity contribution >= 4 is 26.8 Å². The summed E-state index contributed by atoms with van der Waals surface area (Å²) in [5.74, 6) is 0.491. The molecule has 0 spiro atoms. The molecule has 0 aliphatic heterocycles. The number of fused-ring (bicyclic) bond motifs is 3. The minimum absolute atomic E-state index is 0.491. The predicted octanol–water partition coefficient (Wildman–Crippen LogP) is 4.73. The molecule has 4 rings (SSSR count). The summed E-state index contributed by atoms with van der Waals surface area (Å²) in [6.45, 7) is 0. The van der Waals surface area contributed by atoms with Gasteiger partial charge in [0.1, 0.15) is 0 Å². The van der Waals surface area contributed by atoms with Crippen molar-refractivity contribution in [2.75, 3.05) is 0 Å². The Morgan fingerprint density at radius 2 is 2.16 bits per heavy atom. The van der Waals surface area contributed by atoms with Crippen LogP contribution in [0.3, 0.4) is 0 Å². The summed E-state index contributed by atoms with van der Waals surface area (Å²) in [7, 11) is 0. The number of hydrogen-bond donors (Lipinski definition) is 2. The fourth-order valence-corrected chi connectivity index (χ4v) is 3.67. The molecule has 3 heteroatoms. The van der Waals surface area contributed by atoms with Crippen molar-refractivity contribution < 1.29 is 0 Å². The molecular formula is C16H15BrN2. The Kier molecular flexibility index (Phi) is 2.55. The van der Waals surface area contributed by atoms with Crippen LogP contribution in [-0.2, 0) is 6.42 Å². The predicted molar refractivity (Wildman–Crippen MR) is 81.6 cm³/mol. The summed E-state index contributed by atoms with van der Waals surface area (Å²) in [6.07, 6.45) is 5.68. The monoisotopic (exact) mass is 314 g/mol. The van der Waals surface area contributed by atoms with Gasteiger partial charge in [0.05, 0.1) is 0 Å². The van der Waals surface area contributed by atoms with Crippen LogP contribution in [0.25, 0.3) is 10.9 Å². The molecule has 3 aromatic rings. The maximum Gasteiger partial charge on any atom is 0.0459 e. The van der Waals surface area contributed by atoms with E-state index in [1.54, 1.807) is 0 Å². The summed E-state index contributed by atoms with van der Waals surface area (Å²) in [5.41, 5.74) is 5.49. The zero-order valence-electron chi connectivity index (χ0n) is 10.5. The first-order valence-electron chi connectivity index (χ1n) is 6.76. The van der Waals surface area contributed by atoms with Crippen LogP contribution < -0.4 is 0 Å². The Bertz CT molecular complexity index is 725.